The fourth-order valence-corrected chi connectivity index (χ4v) is 2.27. The average molecular weight is 303 g/mol. The largest absolute Gasteiger partial charge is 0.371 e. The summed E-state index contributed by atoms with van der Waals surface area (Å²) in [4.78, 5) is 6.52. The van der Waals surface area contributed by atoms with Crippen molar-refractivity contribution in [2.24, 2.45) is 4.99 Å². The van der Waals surface area contributed by atoms with Crippen LogP contribution in [0.2, 0.25) is 0 Å². The van der Waals surface area contributed by atoms with Crippen molar-refractivity contribution in [1.82, 2.24) is 4.90 Å². The molecule has 0 radical (unpaired) electrons. The lowest BCUT2D eigenvalue weighted by atomic mass is 10.0. The molecule has 0 aliphatic heterocycles. The molecule has 0 N–H and O–H groups in total. The lowest BCUT2D eigenvalue weighted by Gasteiger charge is -2.24. The SMILES string of the molecule is C=C(C(/C=C(/CC)CCC)=C\N=CC)N(C)C/C(=C/C)CC. The normalized spacial score (nSPS) is 13.8. The van der Waals surface area contributed by atoms with Crippen molar-refractivity contribution in [3.63, 3.8) is 0 Å². The van der Waals surface area contributed by atoms with Crippen LogP contribution in [0, 0.1) is 0 Å². The zero-order valence-electron chi connectivity index (χ0n) is 15.4. The van der Waals surface area contributed by atoms with Gasteiger partial charge in [-0.1, -0.05) is 57.1 Å². The third-order valence-corrected chi connectivity index (χ3v) is 3.84. The Hall–Kier alpha value is -1.57. The molecule has 0 unspecified atom stereocenters. The van der Waals surface area contributed by atoms with Crippen molar-refractivity contribution in [3.05, 3.63) is 47.3 Å². The first kappa shape index (κ1) is 20.4. The quantitative estimate of drug-likeness (QED) is 0.279. The van der Waals surface area contributed by atoms with E-state index in [1.807, 2.05) is 19.3 Å². The maximum absolute atomic E-state index is 4.31. The van der Waals surface area contributed by atoms with Crippen LogP contribution in [-0.4, -0.2) is 24.7 Å². The first-order valence-electron chi connectivity index (χ1n) is 8.45. The lowest BCUT2D eigenvalue weighted by Crippen LogP contribution is -2.20. The Balaban J connectivity index is 5.31. The molecule has 22 heavy (non-hydrogen) atoms. The lowest BCUT2D eigenvalue weighted by molar-refractivity contribution is 0.460. The summed E-state index contributed by atoms with van der Waals surface area (Å²) in [5.41, 5.74) is 5.02. The molecule has 0 amide bonds. The number of likely N-dealkylation sites (N-methyl/N-ethyl adjacent to an activating group) is 1. The standard InChI is InChI=1S/C20H34N2/c1-8-13-19(11-4)14-20(15-21-12-5)17(6)22(7)16-18(9-2)10-3/h9,12,14-15H,6,8,10-11,13,16H2,1-5,7H3/b18-9+,19-14-,20-15-,21-12?. The molecule has 0 bridgehead atoms. The maximum atomic E-state index is 4.31. The smallest absolute Gasteiger partial charge is 0.0385 e. The Morgan fingerprint density at radius 1 is 1.09 bits per heavy atom. The van der Waals surface area contributed by atoms with Crippen molar-refractivity contribution >= 4 is 6.21 Å². The van der Waals surface area contributed by atoms with Crippen molar-refractivity contribution in [1.29, 1.82) is 0 Å². The number of hydrogen-bond acceptors (Lipinski definition) is 2. The van der Waals surface area contributed by atoms with E-state index in [-0.39, 0.29) is 0 Å². The van der Waals surface area contributed by atoms with E-state index in [2.05, 4.69) is 63.4 Å². The number of rotatable bonds is 10. The molecule has 0 aromatic rings. The van der Waals surface area contributed by atoms with Gasteiger partial charge >= 0.3 is 0 Å². The highest BCUT2D eigenvalue weighted by molar-refractivity contribution is 5.55. The molecule has 0 aromatic heterocycles. The first-order chi connectivity index (χ1) is 10.5. The first-order valence-corrected chi connectivity index (χ1v) is 8.45. The maximum Gasteiger partial charge on any atom is 0.0385 e. The summed E-state index contributed by atoms with van der Waals surface area (Å²) >= 11 is 0. The topological polar surface area (TPSA) is 15.6 Å². The van der Waals surface area contributed by atoms with Crippen molar-refractivity contribution < 1.29 is 0 Å². The second-order valence-electron chi connectivity index (χ2n) is 5.50. The van der Waals surface area contributed by atoms with Crippen molar-refractivity contribution in [3.8, 4) is 0 Å². The summed E-state index contributed by atoms with van der Waals surface area (Å²) < 4.78 is 0. The highest BCUT2D eigenvalue weighted by Gasteiger charge is 2.08. The van der Waals surface area contributed by atoms with Gasteiger partial charge in [0.15, 0.2) is 0 Å². The van der Waals surface area contributed by atoms with Crippen LogP contribution in [0.1, 0.15) is 60.3 Å². The van der Waals surface area contributed by atoms with E-state index in [1.54, 1.807) is 0 Å². The Morgan fingerprint density at radius 3 is 2.18 bits per heavy atom. The summed E-state index contributed by atoms with van der Waals surface area (Å²) in [6.07, 6.45) is 12.7. The molecule has 0 atom stereocenters. The third kappa shape index (κ3) is 7.44. The van der Waals surface area contributed by atoms with Crippen LogP contribution in [0.15, 0.2) is 52.3 Å². The zero-order valence-corrected chi connectivity index (χ0v) is 15.4. The minimum Gasteiger partial charge on any atom is -0.371 e. The molecule has 0 heterocycles. The van der Waals surface area contributed by atoms with E-state index in [0.29, 0.717) is 0 Å². The highest BCUT2D eigenvalue weighted by Crippen LogP contribution is 2.20. The number of aliphatic imine (C=N–C) groups is 1. The van der Waals surface area contributed by atoms with Gasteiger partial charge in [-0.15, -0.1) is 0 Å². The summed E-state index contributed by atoms with van der Waals surface area (Å²) in [6, 6.07) is 0. The Bertz CT molecular complexity index is 450. The molecule has 0 aliphatic carbocycles. The van der Waals surface area contributed by atoms with E-state index in [9.17, 15) is 0 Å². The van der Waals surface area contributed by atoms with Crippen LogP contribution in [-0.2, 0) is 0 Å². The average Bonchev–Trinajstić information content (AvgIpc) is 2.54. The van der Waals surface area contributed by atoms with Crippen LogP contribution < -0.4 is 0 Å². The molecular weight excluding hydrogens is 268 g/mol. The fraction of sp³-hybridized carbons (Fsp3) is 0.550. The van der Waals surface area contributed by atoms with E-state index >= 15 is 0 Å². The Morgan fingerprint density at radius 2 is 1.73 bits per heavy atom. The summed E-state index contributed by atoms with van der Waals surface area (Å²) in [6.45, 7) is 15.9. The van der Waals surface area contributed by atoms with E-state index < -0.39 is 0 Å². The van der Waals surface area contributed by atoms with Crippen LogP contribution in [0.4, 0.5) is 0 Å². The second kappa shape index (κ2) is 12.0. The van der Waals surface area contributed by atoms with Crippen molar-refractivity contribution in [2.45, 2.75) is 60.3 Å². The fourth-order valence-electron chi connectivity index (χ4n) is 2.27. The van der Waals surface area contributed by atoms with Gasteiger partial charge in [-0.3, -0.25) is 4.99 Å². The molecule has 0 saturated carbocycles. The van der Waals surface area contributed by atoms with Gasteiger partial charge in [-0.2, -0.15) is 0 Å². The van der Waals surface area contributed by atoms with E-state index in [0.717, 1.165) is 37.1 Å². The molecule has 0 aliphatic rings. The minimum atomic E-state index is 0.919. The van der Waals surface area contributed by atoms with Gasteiger partial charge in [-0.05, 0) is 33.1 Å². The summed E-state index contributed by atoms with van der Waals surface area (Å²) in [5.74, 6) is 0. The second-order valence-corrected chi connectivity index (χ2v) is 5.50. The summed E-state index contributed by atoms with van der Waals surface area (Å²) in [5, 5.41) is 0. The highest BCUT2D eigenvalue weighted by atomic mass is 15.1. The van der Waals surface area contributed by atoms with Crippen LogP contribution in [0.5, 0.6) is 0 Å². The number of nitrogens with zero attached hydrogens (tertiary/aromatic N) is 2. The number of hydrogen-bond donors (Lipinski definition) is 0. The molecule has 0 rings (SSSR count). The molecule has 0 aromatic carbocycles. The third-order valence-electron chi connectivity index (χ3n) is 3.84. The molecule has 2 nitrogen and oxygen atoms in total. The Kier molecular flexibility index (Phi) is 11.2. The molecule has 2 heteroatoms. The summed E-state index contributed by atoms with van der Waals surface area (Å²) in [7, 11) is 2.10. The minimum absolute atomic E-state index is 0.919. The van der Waals surface area contributed by atoms with Crippen molar-refractivity contribution in [2.75, 3.05) is 13.6 Å². The van der Waals surface area contributed by atoms with Gasteiger partial charge in [0.2, 0.25) is 0 Å². The molecule has 0 saturated heterocycles. The van der Waals surface area contributed by atoms with E-state index in [1.165, 1.54) is 17.6 Å². The van der Waals surface area contributed by atoms with Crippen LogP contribution in [0.25, 0.3) is 0 Å². The van der Waals surface area contributed by atoms with E-state index in [4.69, 9.17) is 0 Å². The van der Waals surface area contributed by atoms with Gasteiger partial charge in [0, 0.05) is 37.3 Å². The van der Waals surface area contributed by atoms with Gasteiger partial charge in [0.05, 0.1) is 0 Å². The van der Waals surface area contributed by atoms with Gasteiger partial charge in [-0.25, -0.2) is 0 Å². The molecule has 0 spiro atoms. The van der Waals surface area contributed by atoms with Gasteiger partial charge in [0.25, 0.3) is 0 Å². The zero-order chi connectivity index (χ0) is 17.0. The molecule has 0 fully saturated rings. The molecular formula is C20H34N2. The molecule has 124 valence electrons. The van der Waals surface area contributed by atoms with Crippen LogP contribution >= 0.6 is 0 Å². The Labute approximate surface area is 138 Å². The van der Waals surface area contributed by atoms with Gasteiger partial charge < -0.3 is 4.90 Å². The number of allylic oxidation sites excluding steroid dienone is 3. The predicted molar refractivity (Wildman–Crippen MR) is 101 cm³/mol. The van der Waals surface area contributed by atoms with Gasteiger partial charge in [0.1, 0.15) is 0 Å². The monoisotopic (exact) mass is 302 g/mol. The predicted octanol–water partition coefficient (Wildman–Crippen LogP) is 5.90. The van der Waals surface area contributed by atoms with Crippen LogP contribution in [0.3, 0.4) is 0 Å².